The van der Waals surface area contributed by atoms with E-state index in [1.807, 2.05) is 33.8 Å². The molecule has 0 radical (unpaired) electrons. The van der Waals surface area contributed by atoms with Crippen LogP contribution in [0.3, 0.4) is 0 Å². The zero-order chi connectivity index (χ0) is 21.5. The van der Waals surface area contributed by atoms with Crippen LogP contribution in [0.2, 0.25) is 0 Å². The van der Waals surface area contributed by atoms with Crippen LogP contribution in [0, 0.1) is 5.92 Å². The van der Waals surface area contributed by atoms with Gasteiger partial charge in [-0.15, -0.1) is 0 Å². The van der Waals surface area contributed by atoms with Crippen molar-refractivity contribution < 1.29 is 28.9 Å². The lowest BCUT2D eigenvalue weighted by atomic mass is 9.81. The Labute approximate surface area is 171 Å². The van der Waals surface area contributed by atoms with Crippen molar-refractivity contribution in [2.45, 2.75) is 71.5 Å². The Morgan fingerprint density at radius 2 is 2.00 bits per heavy atom. The Kier molecular flexibility index (Phi) is 5.65. The molecule has 2 aliphatic heterocycles. The maximum Gasteiger partial charge on any atom is 0.306 e. The predicted molar refractivity (Wildman–Crippen MR) is 110 cm³/mol. The number of phenols is 1. The molecule has 2 heterocycles. The van der Waals surface area contributed by atoms with Crippen LogP contribution in [0.1, 0.15) is 81.3 Å². The highest BCUT2D eigenvalue weighted by molar-refractivity contribution is 6.06. The Morgan fingerprint density at radius 3 is 2.62 bits per heavy atom. The highest BCUT2D eigenvalue weighted by Gasteiger charge is 2.42. The molecule has 0 saturated carbocycles. The maximum atomic E-state index is 13.1. The van der Waals surface area contributed by atoms with Crippen LogP contribution in [0.4, 0.5) is 0 Å². The quantitative estimate of drug-likeness (QED) is 0.724. The second kappa shape index (κ2) is 7.73. The van der Waals surface area contributed by atoms with E-state index in [-0.39, 0.29) is 47.4 Å². The van der Waals surface area contributed by atoms with E-state index in [2.05, 4.69) is 0 Å². The van der Waals surface area contributed by atoms with Gasteiger partial charge in [0.15, 0.2) is 5.78 Å². The Morgan fingerprint density at radius 1 is 1.31 bits per heavy atom. The van der Waals surface area contributed by atoms with Gasteiger partial charge in [0, 0.05) is 11.5 Å². The molecular formula is C23H30O6. The van der Waals surface area contributed by atoms with Crippen LogP contribution < -0.4 is 9.47 Å². The molecule has 3 atom stereocenters. The first-order valence-corrected chi connectivity index (χ1v) is 10.2. The summed E-state index contributed by atoms with van der Waals surface area (Å²) in [6.07, 6.45) is 4.94. The molecule has 0 bridgehead atoms. The number of benzene rings is 1. The average Bonchev–Trinajstić information content (AvgIpc) is 2.65. The molecule has 0 saturated heterocycles. The first-order valence-electron chi connectivity index (χ1n) is 10.2. The summed E-state index contributed by atoms with van der Waals surface area (Å²) in [6.45, 7) is 9.50. The number of hydrogen-bond acceptors (Lipinski definition) is 6. The SMILES string of the molecule is CCC[C@@H](CC(=O)OC)c1c2c(c(O)c3c1O[C@@H](C)[C@H](C)C3=O)C=CC(C)(C)O2. The minimum absolute atomic E-state index is 0.123. The normalized spacial score (nSPS) is 22.8. The van der Waals surface area contributed by atoms with Gasteiger partial charge in [-0.05, 0) is 39.3 Å². The van der Waals surface area contributed by atoms with Crippen LogP contribution in [0.5, 0.6) is 17.2 Å². The summed E-state index contributed by atoms with van der Waals surface area (Å²) in [5.74, 6) is -0.445. The number of methoxy groups -OCH3 is 1. The topological polar surface area (TPSA) is 82.1 Å². The van der Waals surface area contributed by atoms with Gasteiger partial charge in [-0.3, -0.25) is 9.59 Å². The zero-order valence-electron chi connectivity index (χ0n) is 18.0. The number of phenolic OH excluding ortho intramolecular Hbond substituents is 1. The van der Waals surface area contributed by atoms with E-state index in [4.69, 9.17) is 14.2 Å². The fourth-order valence-corrected chi connectivity index (χ4v) is 4.01. The molecule has 158 valence electrons. The number of aromatic hydroxyl groups is 1. The van der Waals surface area contributed by atoms with Gasteiger partial charge in [0.25, 0.3) is 0 Å². The molecular weight excluding hydrogens is 372 g/mol. The fraction of sp³-hybridized carbons (Fsp3) is 0.565. The van der Waals surface area contributed by atoms with Gasteiger partial charge in [-0.2, -0.15) is 0 Å². The van der Waals surface area contributed by atoms with E-state index < -0.39 is 5.60 Å². The van der Waals surface area contributed by atoms with Crippen molar-refractivity contribution >= 4 is 17.8 Å². The number of ether oxygens (including phenoxy) is 3. The zero-order valence-corrected chi connectivity index (χ0v) is 18.0. The highest BCUT2D eigenvalue weighted by Crippen LogP contribution is 2.53. The minimum atomic E-state index is -0.595. The lowest BCUT2D eigenvalue weighted by Crippen LogP contribution is -2.36. The molecule has 3 rings (SSSR count). The van der Waals surface area contributed by atoms with Gasteiger partial charge in [0.05, 0.1) is 25.0 Å². The van der Waals surface area contributed by atoms with Crippen LogP contribution in [0.25, 0.3) is 6.08 Å². The lowest BCUT2D eigenvalue weighted by molar-refractivity contribution is -0.141. The van der Waals surface area contributed by atoms with Crippen LogP contribution in [0.15, 0.2) is 6.08 Å². The van der Waals surface area contributed by atoms with Crippen molar-refractivity contribution in [2.75, 3.05) is 7.11 Å². The number of fused-ring (bicyclic) bond motifs is 2. The van der Waals surface area contributed by atoms with E-state index in [0.717, 1.165) is 6.42 Å². The van der Waals surface area contributed by atoms with Gasteiger partial charge in [0.2, 0.25) is 0 Å². The number of carbonyl (C=O) groups is 2. The maximum absolute atomic E-state index is 13.1. The minimum Gasteiger partial charge on any atom is -0.506 e. The third-order valence-electron chi connectivity index (χ3n) is 5.82. The number of Topliss-reactive ketones (excluding diaryl/α,β-unsaturated/α-hetero) is 1. The van der Waals surface area contributed by atoms with Crippen molar-refractivity contribution in [1.29, 1.82) is 0 Å². The number of rotatable bonds is 5. The summed E-state index contributed by atoms with van der Waals surface area (Å²) in [5, 5.41) is 11.0. The van der Waals surface area contributed by atoms with E-state index in [0.29, 0.717) is 29.0 Å². The van der Waals surface area contributed by atoms with E-state index in [1.54, 1.807) is 13.0 Å². The van der Waals surface area contributed by atoms with Gasteiger partial charge in [-0.1, -0.05) is 20.3 Å². The summed E-state index contributed by atoms with van der Waals surface area (Å²) < 4.78 is 17.3. The second-order valence-electron chi connectivity index (χ2n) is 8.49. The molecule has 6 heteroatoms. The molecule has 1 aromatic rings. The number of hydrogen-bond donors (Lipinski definition) is 1. The third kappa shape index (κ3) is 3.72. The van der Waals surface area contributed by atoms with Crippen molar-refractivity contribution in [2.24, 2.45) is 5.92 Å². The second-order valence-corrected chi connectivity index (χ2v) is 8.49. The Balaban J connectivity index is 2.32. The number of esters is 1. The van der Waals surface area contributed by atoms with Crippen LogP contribution >= 0.6 is 0 Å². The first-order chi connectivity index (χ1) is 13.6. The molecule has 0 spiro atoms. The average molecular weight is 402 g/mol. The highest BCUT2D eigenvalue weighted by atomic mass is 16.5. The van der Waals surface area contributed by atoms with E-state index in [1.165, 1.54) is 7.11 Å². The van der Waals surface area contributed by atoms with Crippen LogP contribution in [-0.4, -0.2) is 35.7 Å². The third-order valence-corrected chi connectivity index (χ3v) is 5.82. The number of carbonyl (C=O) groups excluding carboxylic acids is 2. The van der Waals surface area contributed by atoms with Gasteiger partial charge >= 0.3 is 5.97 Å². The molecule has 0 amide bonds. The van der Waals surface area contributed by atoms with Crippen molar-refractivity contribution in [3.63, 3.8) is 0 Å². The number of ketones is 1. The van der Waals surface area contributed by atoms with Gasteiger partial charge in [-0.25, -0.2) is 0 Å². The molecule has 0 aromatic heterocycles. The van der Waals surface area contributed by atoms with Crippen LogP contribution in [-0.2, 0) is 9.53 Å². The summed E-state index contributed by atoms with van der Waals surface area (Å²) in [6, 6.07) is 0. The summed E-state index contributed by atoms with van der Waals surface area (Å²) >= 11 is 0. The summed E-state index contributed by atoms with van der Waals surface area (Å²) in [4.78, 5) is 25.2. The van der Waals surface area contributed by atoms with E-state index >= 15 is 0 Å². The molecule has 0 fully saturated rings. The molecule has 0 unspecified atom stereocenters. The largest absolute Gasteiger partial charge is 0.506 e. The Bertz CT molecular complexity index is 867. The molecule has 1 aromatic carbocycles. The predicted octanol–water partition coefficient (Wildman–Crippen LogP) is 4.62. The van der Waals surface area contributed by atoms with Crippen molar-refractivity contribution in [3.05, 3.63) is 22.8 Å². The van der Waals surface area contributed by atoms with Gasteiger partial charge < -0.3 is 19.3 Å². The first kappa shape index (κ1) is 21.2. The summed E-state index contributed by atoms with van der Waals surface area (Å²) in [5.41, 5.74) is 0.720. The fourth-order valence-electron chi connectivity index (χ4n) is 4.01. The van der Waals surface area contributed by atoms with Gasteiger partial charge in [0.1, 0.15) is 34.5 Å². The lowest BCUT2D eigenvalue weighted by Gasteiger charge is -2.37. The van der Waals surface area contributed by atoms with Crippen molar-refractivity contribution in [1.82, 2.24) is 0 Å². The summed E-state index contributed by atoms with van der Waals surface area (Å²) in [7, 11) is 1.36. The molecule has 2 aliphatic rings. The monoisotopic (exact) mass is 402 g/mol. The van der Waals surface area contributed by atoms with Crippen molar-refractivity contribution in [3.8, 4) is 17.2 Å². The molecule has 6 nitrogen and oxygen atoms in total. The molecule has 29 heavy (non-hydrogen) atoms. The smallest absolute Gasteiger partial charge is 0.306 e. The molecule has 1 N–H and O–H groups in total. The van der Waals surface area contributed by atoms with E-state index in [9.17, 15) is 14.7 Å². The Hall–Kier alpha value is -2.50. The molecule has 0 aliphatic carbocycles. The standard InChI is InChI=1S/C23H30O6/c1-7-8-14(11-16(24)27-6)17-21-15(9-10-23(4,5)29-21)20(26)18-19(25)12(2)13(3)28-22(17)18/h9-10,12-14,26H,7-8,11H2,1-6H3/t12-,13-,14-/m0/s1.